The topological polar surface area (TPSA) is 52.0 Å². The van der Waals surface area contributed by atoms with E-state index in [1.54, 1.807) is 0 Å². The number of nitrogen functional groups attached to an aromatic ring is 2. The van der Waals surface area contributed by atoms with Gasteiger partial charge in [0.05, 0.1) is 0 Å². The summed E-state index contributed by atoms with van der Waals surface area (Å²) in [4.78, 5) is 0. The molecule has 2 aromatic carbocycles. The normalized spacial score (nSPS) is 18.8. The van der Waals surface area contributed by atoms with Crippen LogP contribution in [0.25, 0.3) is 0 Å². The minimum absolute atomic E-state index is 0.800. The first-order valence-electron chi connectivity index (χ1n) is 10.4. The number of nitrogens with two attached hydrogens (primary N) is 2. The van der Waals surface area contributed by atoms with Gasteiger partial charge < -0.3 is 11.5 Å². The van der Waals surface area contributed by atoms with Crippen molar-refractivity contribution < 1.29 is 0 Å². The lowest BCUT2D eigenvalue weighted by atomic mass is 9.84. The molecule has 0 bridgehead atoms. The molecule has 0 saturated heterocycles. The third kappa shape index (κ3) is 5.52. The maximum Gasteiger partial charge on any atom is 0.0314 e. The summed E-state index contributed by atoms with van der Waals surface area (Å²) in [5.41, 5.74) is 16.0. The fourth-order valence-corrected chi connectivity index (χ4v) is 4.41. The fraction of sp³-hybridized carbons (Fsp3) is 0.500. The highest BCUT2D eigenvalue weighted by Gasteiger charge is 2.15. The van der Waals surface area contributed by atoms with Gasteiger partial charge >= 0.3 is 0 Å². The van der Waals surface area contributed by atoms with Gasteiger partial charge in [0.2, 0.25) is 0 Å². The van der Waals surface area contributed by atoms with E-state index in [2.05, 4.69) is 24.3 Å². The Hall–Kier alpha value is -1.96. The second-order valence-corrected chi connectivity index (χ2v) is 8.00. The van der Waals surface area contributed by atoms with Crippen molar-refractivity contribution in [1.29, 1.82) is 0 Å². The third-order valence-electron chi connectivity index (χ3n) is 6.03. The van der Waals surface area contributed by atoms with Crippen LogP contribution in [-0.4, -0.2) is 0 Å². The molecule has 0 aromatic heterocycles. The summed E-state index contributed by atoms with van der Waals surface area (Å²) < 4.78 is 0. The Morgan fingerprint density at radius 2 is 0.769 bits per heavy atom. The third-order valence-corrected chi connectivity index (χ3v) is 6.03. The summed E-state index contributed by atoms with van der Waals surface area (Å²) in [7, 11) is 0. The highest BCUT2D eigenvalue weighted by Crippen LogP contribution is 2.33. The van der Waals surface area contributed by atoms with E-state index in [-0.39, 0.29) is 0 Å². The van der Waals surface area contributed by atoms with E-state index in [1.165, 1.54) is 75.3 Å². The van der Waals surface area contributed by atoms with E-state index < -0.39 is 0 Å². The van der Waals surface area contributed by atoms with Gasteiger partial charge in [-0.2, -0.15) is 0 Å². The quantitative estimate of drug-likeness (QED) is 0.597. The van der Waals surface area contributed by atoms with E-state index in [4.69, 9.17) is 11.5 Å². The van der Waals surface area contributed by atoms with Gasteiger partial charge in [-0.3, -0.25) is 0 Å². The summed E-state index contributed by atoms with van der Waals surface area (Å²) in [5, 5.41) is 0. The first-order chi connectivity index (χ1) is 12.7. The summed E-state index contributed by atoms with van der Waals surface area (Å²) in [6.07, 6.45) is 13.9. The van der Waals surface area contributed by atoms with Crippen LogP contribution in [0.1, 0.15) is 87.2 Å². The largest absolute Gasteiger partial charge is 0.399 e. The van der Waals surface area contributed by atoms with Crippen LogP contribution in [0.3, 0.4) is 0 Å². The molecule has 2 heteroatoms. The number of hydrogen-bond acceptors (Lipinski definition) is 2. The molecule has 0 heterocycles. The van der Waals surface area contributed by atoms with E-state index in [0.717, 1.165) is 23.2 Å². The van der Waals surface area contributed by atoms with Gasteiger partial charge in [0, 0.05) is 11.4 Å². The molecule has 2 aromatic rings. The molecule has 2 aliphatic carbocycles. The SMILES string of the molecule is Nc1ccc(C2CCCCC2)cc1.Nc1ccc(C2CCCCC2)cc1. The van der Waals surface area contributed by atoms with Crippen LogP contribution in [0.5, 0.6) is 0 Å². The maximum absolute atomic E-state index is 5.66. The Morgan fingerprint density at radius 3 is 1.08 bits per heavy atom. The molecule has 0 atom stereocenters. The van der Waals surface area contributed by atoms with Crippen LogP contribution in [0.2, 0.25) is 0 Å². The molecule has 2 aliphatic rings. The van der Waals surface area contributed by atoms with Crippen LogP contribution in [0, 0.1) is 0 Å². The van der Waals surface area contributed by atoms with E-state index in [1.807, 2.05) is 24.3 Å². The highest BCUT2D eigenvalue weighted by atomic mass is 14.5. The summed E-state index contributed by atoms with van der Waals surface area (Å²) in [5.74, 6) is 1.60. The molecule has 2 nitrogen and oxygen atoms in total. The van der Waals surface area contributed by atoms with Crippen molar-refractivity contribution in [1.82, 2.24) is 0 Å². The molecule has 2 saturated carbocycles. The Labute approximate surface area is 159 Å². The fourth-order valence-electron chi connectivity index (χ4n) is 4.41. The Balaban J connectivity index is 0.000000151. The first kappa shape index (κ1) is 18.8. The van der Waals surface area contributed by atoms with Crippen molar-refractivity contribution in [3.05, 3.63) is 59.7 Å². The number of hydrogen-bond donors (Lipinski definition) is 2. The van der Waals surface area contributed by atoms with Gasteiger partial charge in [-0.25, -0.2) is 0 Å². The summed E-state index contributed by atoms with van der Waals surface area (Å²) >= 11 is 0. The lowest BCUT2D eigenvalue weighted by Gasteiger charge is -2.21. The van der Waals surface area contributed by atoms with Gasteiger partial charge in [0.15, 0.2) is 0 Å². The van der Waals surface area contributed by atoms with Crippen LogP contribution < -0.4 is 11.5 Å². The molecule has 4 N–H and O–H groups in total. The second-order valence-electron chi connectivity index (χ2n) is 8.00. The van der Waals surface area contributed by atoms with Gasteiger partial charge in [-0.15, -0.1) is 0 Å². The molecule has 0 aliphatic heterocycles. The molecular weight excluding hydrogens is 316 g/mol. The van der Waals surface area contributed by atoms with Gasteiger partial charge in [-0.1, -0.05) is 62.8 Å². The highest BCUT2D eigenvalue weighted by molar-refractivity contribution is 5.41. The predicted octanol–water partition coefficient (Wildman–Crippen LogP) is 6.63. The zero-order chi connectivity index (χ0) is 18.2. The van der Waals surface area contributed by atoms with Crippen molar-refractivity contribution >= 4 is 11.4 Å². The molecule has 26 heavy (non-hydrogen) atoms. The standard InChI is InChI=1S/2C12H17N/c2*13-12-8-6-11(7-9-12)10-4-2-1-3-5-10/h2*6-10H,1-5,13H2. The van der Waals surface area contributed by atoms with Crippen molar-refractivity contribution in [2.45, 2.75) is 76.0 Å². The Bertz CT molecular complexity index is 573. The lowest BCUT2D eigenvalue weighted by Crippen LogP contribution is -2.04. The van der Waals surface area contributed by atoms with Crippen LogP contribution >= 0.6 is 0 Å². The molecule has 4 rings (SSSR count). The smallest absolute Gasteiger partial charge is 0.0314 e. The van der Waals surface area contributed by atoms with Crippen LogP contribution in [0.4, 0.5) is 11.4 Å². The van der Waals surface area contributed by atoms with Gasteiger partial charge in [0.1, 0.15) is 0 Å². The van der Waals surface area contributed by atoms with Crippen molar-refractivity contribution in [2.24, 2.45) is 0 Å². The summed E-state index contributed by atoms with van der Waals surface area (Å²) in [6, 6.07) is 16.8. The zero-order valence-corrected chi connectivity index (χ0v) is 16.0. The van der Waals surface area contributed by atoms with Crippen molar-refractivity contribution in [3.8, 4) is 0 Å². The van der Waals surface area contributed by atoms with E-state index >= 15 is 0 Å². The van der Waals surface area contributed by atoms with Crippen molar-refractivity contribution in [3.63, 3.8) is 0 Å². The monoisotopic (exact) mass is 350 g/mol. The minimum atomic E-state index is 0.800. The molecule has 0 unspecified atom stereocenters. The predicted molar refractivity (Wildman–Crippen MR) is 113 cm³/mol. The molecular formula is C24H34N2. The number of benzene rings is 2. The van der Waals surface area contributed by atoms with Gasteiger partial charge in [0.25, 0.3) is 0 Å². The average Bonchev–Trinajstić information content (AvgIpc) is 2.71. The number of rotatable bonds is 2. The molecule has 0 radical (unpaired) electrons. The zero-order valence-electron chi connectivity index (χ0n) is 16.0. The van der Waals surface area contributed by atoms with Crippen LogP contribution in [0.15, 0.2) is 48.5 Å². The first-order valence-corrected chi connectivity index (χ1v) is 10.4. The lowest BCUT2D eigenvalue weighted by molar-refractivity contribution is 0.443. The maximum atomic E-state index is 5.66. The average molecular weight is 351 g/mol. The summed E-state index contributed by atoms with van der Waals surface area (Å²) in [6.45, 7) is 0. The molecule has 140 valence electrons. The van der Waals surface area contributed by atoms with Crippen molar-refractivity contribution in [2.75, 3.05) is 11.5 Å². The molecule has 0 amide bonds. The molecule has 0 spiro atoms. The molecule has 2 fully saturated rings. The number of anilines is 2. The second kappa shape index (κ2) is 9.66. The minimum Gasteiger partial charge on any atom is -0.399 e. The van der Waals surface area contributed by atoms with E-state index in [9.17, 15) is 0 Å². The van der Waals surface area contributed by atoms with E-state index in [0.29, 0.717) is 0 Å². The Morgan fingerprint density at radius 1 is 0.462 bits per heavy atom. The van der Waals surface area contributed by atoms with Crippen LogP contribution in [-0.2, 0) is 0 Å². The Kier molecular flexibility index (Phi) is 6.99. The van der Waals surface area contributed by atoms with Gasteiger partial charge in [-0.05, 0) is 72.9 Å².